The summed E-state index contributed by atoms with van der Waals surface area (Å²) in [5.74, 6) is 0.196. The van der Waals surface area contributed by atoms with Crippen LogP contribution in [0.1, 0.15) is 16.8 Å². The van der Waals surface area contributed by atoms with Crippen molar-refractivity contribution in [1.29, 1.82) is 0 Å². The number of hydrogen-bond donors (Lipinski definition) is 1. The SMILES string of the molecule is COc1ccc(C2=C(Nc3ccccc3C)C(=O)N(Cc3ccccn3)C2=O)cc1OC. The molecule has 0 spiro atoms. The molecule has 1 aliphatic rings. The number of benzene rings is 2. The fourth-order valence-corrected chi connectivity index (χ4v) is 3.60. The lowest BCUT2D eigenvalue weighted by Gasteiger charge is -2.15. The van der Waals surface area contributed by atoms with E-state index in [2.05, 4.69) is 10.3 Å². The maximum Gasteiger partial charge on any atom is 0.278 e. The van der Waals surface area contributed by atoms with Gasteiger partial charge in [0.25, 0.3) is 11.8 Å². The first-order chi connectivity index (χ1) is 15.5. The molecule has 2 amide bonds. The molecule has 1 N–H and O–H groups in total. The smallest absolute Gasteiger partial charge is 0.278 e. The van der Waals surface area contributed by atoms with Crippen LogP contribution >= 0.6 is 0 Å². The van der Waals surface area contributed by atoms with E-state index >= 15 is 0 Å². The first kappa shape index (κ1) is 21.1. The van der Waals surface area contributed by atoms with Crippen molar-refractivity contribution in [3.63, 3.8) is 0 Å². The van der Waals surface area contributed by atoms with Crippen molar-refractivity contribution in [1.82, 2.24) is 9.88 Å². The number of anilines is 1. The van der Waals surface area contributed by atoms with Crippen LogP contribution in [0.2, 0.25) is 0 Å². The molecule has 1 aliphatic heterocycles. The Labute approximate surface area is 186 Å². The Kier molecular flexibility index (Phi) is 5.89. The lowest BCUT2D eigenvalue weighted by Crippen LogP contribution is -2.32. The largest absolute Gasteiger partial charge is 0.493 e. The predicted molar refractivity (Wildman–Crippen MR) is 121 cm³/mol. The van der Waals surface area contributed by atoms with Crippen molar-refractivity contribution in [3.05, 3.63) is 89.4 Å². The minimum absolute atomic E-state index is 0.0776. The van der Waals surface area contributed by atoms with E-state index in [1.54, 1.807) is 43.6 Å². The molecular formula is C25H23N3O4. The molecule has 32 heavy (non-hydrogen) atoms. The molecule has 3 aromatic rings. The van der Waals surface area contributed by atoms with E-state index in [1.165, 1.54) is 12.0 Å². The third-order valence-electron chi connectivity index (χ3n) is 5.29. The molecule has 0 unspecified atom stereocenters. The van der Waals surface area contributed by atoms with Crippen molar-refractivity contribution in [3.8, 4) is 11.5 Å². The highest BCUT2D eigenvalue weighted by atomic mass is 16.5. The quantitative estimate of drug-likeness (QED) is 0.576. The minimum atomic E-state index is -0.409. The average molecular weight is 429 g/mol. The molecule has 0 bridgehead atoms. The molecule has 0 aliphatic carbocycles. The number of ether oxygens (including phenoxy) is 2. The summed E-state index contributed by atoms with van der Waals surface area (Å²) in [6.45, 7) is 2.01. The van der Waals surface area contributed by atoms with Crippen LogP contribution in [0.25, 0.3) is 5.57 Å². The van der Waals surface area contributed by atoms with Crippen LogP contribution < -0.4 is 14.8 Å². The second-order valence-corrected chi connectivity index (χ2v) is 7.28. The fourth-order valence-electron chi connectivity index (χ4n) is 3.60. The third kappa shape index (κ3) is 3.92. The Balaban J connectivity index is 1.80. The normalized spacial score (nSPS) is 13.5. The molecule has 2 heterocycles. The molecule has 1 aromatic heterocycles. The third-order valence-corrected chi connectivity index (χ3v) is 5.29. The number of nitrogens with zero attached hydrogens (tertiary/aromatic N) is 2. The van der Waals surface area contributed by atoms with Crippen molar-refractivity contribution >= 4 is 23.1 Å². The summed E-state index contributed by atoms with van der Waals surface area (Å²) < 4.78 is 10.7. The Bertz CT molecular complexity index is 1200. The summed E-state index contributed by atoms with van der Waals surface area (Å²) in [6.07, 6.45) is 1.63. The van der Waals surface area contributed by atoms with Gasteiger partial charge in [0.05, 0.1) is 32.0 Å². The maximum atomic E-state index is 13.5. The number of rotatable bonds is 7. The van der Waals surface area contributed by atoms with Crippen LogP contribution in [0.4, 0.5) is 5.69 Å². The number of nitrogens with one attached hydrogen (secondary N) is 1. The molecule has 7 nitrogen and oxygen atoms in total. The van der Waals surface area contributed by atoms with Gasteiger partial charge in [-0.05, 0) is 48.4 Å². The number of para-hydroxylation sites is 1. The van der Waals surface area contributed by atoms with E-state index in [1.807, 2.05) is 37.3 Å². The van der Waals surface area contributed by atoms with Crippen molar-refractivity contribution < 1.29 is 19.1 Å². The number of aryl methyl sites for hydroxylation is 1. The number of hydrogen-bond acceptors (Lipinski definition) is 6. The Morgan fingerprint density at radius 2 is 1.66 bits per heavy atom. The number of imide groups is 1. The molecule has 0 fully saturated rings. The van der Waals surface area contributed by atoms with Gasteiger partial charge in [-0.1, -0.05) is 30.3 Å². The topological polar surface area (TPSA) is 80.8 Å². The van der Waals surface area contributed by atoms with Gasteiger partial charge in [0.2, 0.25) is 0 Å². The van der Waals surface area contributed by atoms with Gasteiger partial charge in [0.1, 0.15) is 5.70 Å². The van der Waals surface area contributed by atoms with Crippen LogP contribution in [-0.2, 0) is 16.1 Å². The van der Waals surface area contributed by atoms with Crippen molar-refractivity contribution in [2.24, 2.45) is 0 Å². The Hall–Kier alpha value is -4.13. The van der Waals surface area contributed by atoms with Gasteiger partial charge in [0.15, 0.2) is 11.5 Å². The standard InChI is InChI=1S/C25H23N3O4/c1-16-8-4-5-10-19(16)27-23-22(17-11-12-20(31-2)21(14-17)32-3)24(29)28(25(23)30)15-18-9-6-7-13-26-18/h4-14,27H,15H2,1-3H3. The monoisotopic (exact) mass is 429 g/mol. The van der Waals surface area contributed by atoms with Crippen LogP contribution in [0.3, 0.4) is 0 Å². The van der Waals surface area contributed by atoms with Gasteiger partial charge < -0.3 is 14.8 Å². The molecule has 162 valence electrons. The van der Waals surface area contributed by atoms with Gasteiger partial charge in [-0.15, -0.1) is 0 Å². The summed E-state index contributed by atoms with van der Waals surface area (Å²) in [6, 6.07) is 18.1. The highest BCUT2D eigenvalue weighted by molar-refractivity contribution is 6.36. The summed E-state index contributed by atoms with van der Waals surface area (Å²) in [7, 11) is 3.07. The second-order valence-electron chi connectivity index (χ2n) is 7.28. The van der Waals surface area contributed by atoms with Gasteiger partial charge in [-0.2, -0.15) is 0 Å². The number of carbonyl (C=O) groups is 2. The molecule has 0 saturated carbocycles. The molecule has 0 atom stereocenters. The van der Waals surface area contributed by atoms with E-state index in [9.17, 15) is 9.59 Å². The summed E-state index contributed by atoms with van der Waals surface area (Å²) >= 11 is 0. The minimum Gasteiger partial charge on any atom is -0.493 e. The average Bonchev–Trinajstić information content (AvgIpc) is 3.05. The number of amides is 2. The lowest BCUT2D eigenvalue weighted by molar-refractivity contribution is -0.137. The maximum absolute atomic E-state index is 13.5. The number of aromatic nitrogens is 1. The predicted octanol–water partition coefficient (Wildman–Crippen LogP) is 3.80. The molecular weight excluding hydrogens is 406 g/mol. The summed E-state index contributed by atoms with van der Waals surface area (Å²) in [4.78, 5) is 32.3. The molecule has 0 saturated heterocycles. The zero-order valence-electron chi connectivity index (χ0n) is 18.1. The van der Waals surface area contributed by atoms with Crippen LogP contribution in [0.15, 0.2) is 72.6 Å². The van der Waals surface area contributed by atoms with E-state index in [0.717, 1.165) is 11.3 Å². The number of carbonyl (C=O) groups excluding carboxylic acids is 2. The van der Waals surface area contributed by atoms with Crippen LogP contribution in [-0.4, -0.2) is 35.9 Å². The van der Waals surface area contributed by atoms with E-state index in [0.29, 0.717) is 22.8 Å². The molecule has 0 radical (unpaired) electrons. The summed E-state index contributed by atoms with van der Waals surface area (Å²) in [5, 5.41) is 3.19. The van der Waals surface area contributed by atoms with Crippen molar-refractivity contribution in [2.75, 3.05) is 19.5 Å². The fraction of sp³-hybridized carbons (Fsp3) is 0.160. The second kappa shape index (κ2) is 8.93. The van der Waals surface area contributed by atoms with Gasteiger partial charge >= 0.3 is 0 Å². The zero-order valence-corrected chi connectivity index (χ0v) is 18.1. The van der Waals surface area contributed by atoms with Gasteiger partial charge in [-0.3, -0.25) is 19.5 Å². The van der Waals surface area contributed by atoms with Crippen molar-refractivity contribution in [2.45, 2.75) is 13.5 Å². The zero-order chi connectivity index (χ0) is 22.7. The van der Waals surface area contributed by atoms with Crippen LogP contribution in [0.5, 0.6) is 11.5 Å². The van der Waals surface area contributed by atoms with Gasteiger partial charge in [0, 0.05) is 11.9 Å². The molecule has 7 heteroatoms. The first-order valence-corrected chi connectivity index (χ1v) is 10.1. The van der Waals surface area contributed by atoms with Gasteiger partial charge in [-0.25, -0.2) is 0 Å². The van der Waals surface area contributed by atoms with E-state index < -0.39 is 11.8 Å². The first-order valence-electron chi connectivity index (χ1n) is 10.1. The van der Waals surface area contributed by atoms with E-state index in [-0.39, 0.29) is 17.8 Å². The lowest BCUT2D eigenvalue weighted by atomic mass is 10.0. The highest BCUT2D eigenvalue weighted by Gasteiger charge is 2.39. The Morgan fingerprint density at radius 1 is 0.906 bits per heavy atom. The van der Waals surface area contributed by atoms with Crippen LogP contribution in [0, 0.1) is 6.92 Å². The Morgan fingerprint density at radius 3 is 2.34 bits per heavy atom. The molecule has 2 aromatic carbocycles. The number of pyridine rings is 1. The van der Waals surface area contributed by atoms with E-state index in [4.69, 9.17) is 9.47 Å². The molecule has 4 rings (SSSR count). The highest BCUT2D eigenvalue weighted by Crippen LogP contribution is 2.36. The number of methoxy groups -OCH3 is 2. The summed E-state index contributed by atoms with van der Waals surface area (Å²) in [5.41, 5.74) is 3.37.